The molecule has 0 aromatic carbocycles. The lowest BCUT2D eigenvalue weighted by atomic mass is 10.2. The highest BCUT2D eigenvalue weighted by Gasteiger charge is 2.14. The van der Waals surface area contributed by atoms with E-state index in [0.29, 0.717) is 5.82 Å². The third-order valence-electron chi connectivity index (χ3n) is 2.55. The van der Waals surface area contributed by atoms with Crippen molar-refractivity contribution >= 4 is 11.5 Å². The summed E-state index contributed by atoms with van der Waals surface area (Å²) in [6.07, 6.45) is 4.48. The van der Waals surface area contributed by atoms with E-state index in [9.17, 15) is 0 Å². The van der Waals surface area contributed by atoms with Crippen LogP contribution < -0.4 is 10.6 Å². The molecule has 3 heteroatoms. The molecular weight excluding hydrogens is 162 g/mol. The van der Waals surface area contributed by atoms with Gasteiger partial charge in [-0.25, -0.2) is 4.98 Å². The van der Waals surface area contributed by atoms with Gasteiger partial charge in [-0.3, -0.25) is 0 Å². The maximum Gasteiger partial charge on any atom is 0.123 e. The molecule has 0 radical (unpaired) electrons. The molecule has 0 aliphatic carbocycles. The summed E-state index contributed by atoms with van der Waals surface area (Å²) < 4.78 is 0. The first-order chi connectivity index (χ1) is 6.27. The first kappa shape index (κ1) is 8.35. The Morgan fingerprint density at radius 3 is 2.69 bits per heavy atom. The van der Waals surface area contributed by atoms with Gasteiger partial charge in [0.25, 0.3) is 0 Å². The normalized spacial score (nSPS) is 16.5. The van der Waals surface area contributed by atoms with Gasteiger partial charge in [0.15, 0.2) is 0 Å². The Kier molecular flexibility index (Phi) is 2.08. The minimum absolute atomic E-state index is 0.612. The van der Waals surface area contributed by atoms with Gasteiger partial charge in [-0.05, 0) is 31.4 Å². The Morgan fingerprint density at radius 1 is 1.38 bits per heavy atom. The summed E-state index contributed by atoms with van der Waals surface area (Å²) in [5, 5.41) is 0. The zero-order valence-electron chi connectivity index (χ0n) is 7.95. The number of pyridine rings is 1. The van der Waals surface area contributed by atoms with Crippen molar-refractivity contribution in [3.05, 3.63) is 17.8 Å². The number of hydrogen-bond acceptors (Lipinski definition) is 3. The number of rotatable bonds is 1. The van der Waals surface area contributed by atoms with E-state index in [-0.39, 0.29) is 0 Å². The van der Waals surface area contributed by atoms with E-state index < -0.39 is 0 Å². The van der Waals surface area contributed by atoms with E-state index in [1.165, 1.54) is 24.1 Å². The Balaban J connectivity index is 2.29. The molecule has 0 bridgehead atoms. The molecule has 3 nitrogen and oxygen atoms in total. The minimum Gasteiger partial charge on any atom is -0.384 e. The number of nitrogen functional groups attached to an aromatic ring is 1. The zero-order chi connectivity index (χ0) is 9.26. The Bertz CT molecular complexity index is 303. The molecule has 0 saturated carbocycles. The molecule has 0 amide bonds. The van der Waals surface area contributed by atoms with Crippen molar-refractivity contribution in [2.24, 2.45) is 0 Å². The second-order valence-electron chi connectivity index (χ2n) is 3.59. The van der Waals surface area contributed by atoms with Crippen molar-refractivity contribution < 1.29 is 0 Å². The van der Waals surface area contributed by atoms with Crippen molar-refractivity contribution in [3.63, 3.8) is 0 Å². The van der Waals surface area contributed by atoms with Gasteiger partial charge in [-0.1, -0.05) is 0 Å². The predicted molar refractivity (Wildman–Crippen MR) is 54.8 cm³/mol. The summed E-state index contributed by atoms with van der Waals surface area (Å²) in [5.41, 5.74) is 8.07. The molecule has 0 unspecified atom stereocenters. The Hall–Kier alpha value is -1.25. The molecule has 1 fully saturated rings. The summed E-state index contributed by atoms with van der Waals surface area (Å²) in [5.74, 6) is 0.612. The number of anilines is 2. The number of aromatic nitrogens is 1. The van der Waals surface area contributed by atoms with Crippen LogP contribution >= 0.6 is 0 Å². The fraction of sp³-hybridized carbons (Fsp3) is 0.500. The summed E-state index contributed by atoms with van der Waals surface area (Å²) in [4.78, 5) is 6.50. The van der Waals surface area contributed by atoms with E-state index >= 15 is 0 Å². The van der Waals surface area contributed by atoms with Crippen LogP contribution in [0.1, 0.15) is 18.4 Å². The lowest BCUT2D eigenvalue weighted by Gasteiger charge is -2.19. The van der Waals surface area contributed by atoms with Crippen molar-refractivity contribution in [1.82, 2.24) is 4.98 Å². The second kappa shape index (κ2) is 3.24. The second-order valence-corrected chi connectivity index (χ2v) is 3.59. The van der Waals surface area contributed by atoms with Crippen molar-refractivity contribution in [2.75, 3.05) is 23.7 Å². The molecule has 0 atom stereocenters. The molecular formula is C10H15N3. The van der Waals surface area contributed by atoms with Gasteiger partial charge < -0.3 is 10.6 Å². The summed E-state index contributed by atoms with van der Waals surface area (Å²) in [6, 6.07) is 1.94. The summed E-state index contributed by atoms with van der Waals surface area (Å²) in [6.45, 7) is 4.41. The van der Waals surface area contributed by atoms with Crippen LogP contribution in [0.3, 0.4) is 0 Å². The van der Waals surface area contributed by atoms with E-state index in [1.807, 2.05) is 12.3 Å². The number of aryl methyl sites for hydroxylation is 1. The highest BCUT2D eigenvalue weighted by Crippen LogP contribution is 2.23. The standard InChI is InChI=1S/C10H15N3/c1-8-6-10(11)12-7-9(8)13-4-2-3-5-13/h6-7H,2-5H2,1H3,(H2,11,12). The van der Waals surface area contributed by atoms with Crippen LogP contribution in [0, 0.1) is 6.92 Å². The summed E-state index contributed by atoms with van der Waals surface area (Å²) >= 11 is 0. The minimum atomic E-state index is 0.612. The van der Waals surface area contributed by atoms with Gasteiger partial charge in [0, 0.05) is 13.1 Å². The maximum atomic E-state index is 5.60. The third-order valence-corrected chi connectivity index (χ3v) is 2.55. The highest BCUT2D eigenvalue weighted by atomic mass is 15.1. The first-order valence-electron chi connectivity index (χ1n) is 4.74. The molecule has 1 aromatic heterocycles. The highest BCUT2D eigenvalue weighted by molar-refractivity contribution is 5.55. The SMILES string of the molecule is Cc1cc(N)ncc1N1CCCC1. The maximum absolute atomic E-state index is 5.60. The van der Waals surface area contributed by atoms with Crippen molar-refractivity contribution in [1.29, 1.82) is 0 Å². The molecule has 1 aromatic rings. The molecule has 70 valence electrons. The smallest absolute Gasteiger partial charge is 0.123 e. The monoisotopic (exact) mass is 177 g/mol. The molecule has 13 heavy (non-hydrogen) atoms. The van der Waals surface area contributed by atoms with E-state index in [2.05, 4.69) is 16.8 Å². The number of nitrogens with zero attached hydrogens (tertiary/aromatic N) is 2. The van der Waals surface area contributed by atoms with Gasteiger partial charge in [0.2, 0.25) is 0 Å². The quantitative estimate of drug-likeness (QED) is 0.708. The van der Waals surface area contributed by atoms with Gasteiger partial charge >= 0.3 is 0 Å². The van der Waals surface area contributed by atoms with Crippen LogP contribution in [0.4, 0.5) is 11.5 Å². The van der Waals surface area contributed by atoms with Gasteiger partial charge in [0.1, 0.15) is 5.82 Å². The van der Waals surface area contributed by atoms with Gasteiger partial charge in [-0.15, -0.1) is 0 Å². The fourth-order valence-electron chi connectivity index (χ4n) is 1.86. The molecule has 1 aliphatic heterocycles. The van der Waals surface area contributed by atoms with Crippen LogP contribution in [0.2, 0.25) is 0 Å². The summed E-state index contributed by atoms with van der Waals surface area (Å²) in [7, 11) is 0. The van der Waals surface area contributed by atoms with E-state index in [4.69, 9.17) is 5.73 Å². The van der Waals surface area contributed by atoms with E-state index in [1.54, 1.807) is 0 Å². The van der Waals surface area contributed by atoms with Crippen LogP contribution in [-0.2, 0) is 0 Å². The van der Waals surface area contributed by atoms with Crippen molar-refractivity contribution in [3.8, 4) is 0 Å². The van der Waals surface area contributed by atoms with Crippen LogP contribution in [0.25, 0.3) is 0 Å². The van der Waals surface area contributed by atoms with Gasteiger partial charge in [-0.2, -0.15) is 0 Å². The number of hydrogen-bond donors (Lipinski definition) is 1. The lowest BCUT2D eigenvalue weighted by molar-refractivity contribution is 0.949. The topological polar surface area (TPSA) is 42.1 Å². The first-order valence-corrected chi connectivity index (χ1v) is 4.74. The average molecular weight is 177 g/mol. The molecule has 2 N–H and O–H groups in total. The fourth-order valence-corrected chi connectivity index (χ4v) is 1.86. The molecule has 1 saturated heterocycles. The average Bonchev–Trinajstić information content (AvgIpc) is 2.56. The predicted octanol–water partition coefficient (Wildman–Crippen LogP) is 1.57. The van der Waals surface area contributed by atoms with Crippen LogP contribution in [0.5, 0.6) is 0 Å². The lowest BCUT2D eigenvalue weighted by Crippen LogP contribution is -2.19. The molecule has 1 aliphatic rings. The third kappa shape index (κ3) is 1.59. The van der Waals surface area contributed by atoms with Crippen LogP contribution in [0.15, 0.2) is 12.3 Å². The number of nitrogens with two attached hydrogens (primary N) is 1. The van der Waals surface area contributed by atoms with E-state index in [0.717, 1.165) is 13.1 Å². The molecule has 0 spiro atoms. The zero-order valence-corrected chi connectivity index (χ0v) is 7.95. The Labute approximate surface area is 78.6 Å². The Morgan fingerprint density at radius 2 is 2.08 bits per heavy atom. The molecule has 2 rings (SSSR count). The van der Waals surface area contributed by atoms with Crippen LogP contribution in [-0.4, -0.2) is 18.1 Å². The van der Waals surface area contributed by atoms with Gasteiger partial charge in [0.05, 0.1) is 11.9 Å². The largest absolute Gasteiger partial charge is 0.384 e. The molecule has 2 heterocycles. The van der Waals surface area contributed by atoms with Crippen molar-refractivity contribution in [2.45, 2.75) is 19.8 Å².